The third-order valence-corrected chi connectivity index (χ3v) is 7.40. The van der Waals surface area contributed by atoms with Gasteiger partial charge in [0.25, 0.3) is 5.91 Å². The number of benzene rings is 1. The topological polar surface area (TPSA) is 75.5 Å². The number of carbonyl (C=O) groups excluding carboxylic acids is 1. The summed E-state index contributed by atoms with van der Waals surface area (Å²) in [5.74, 6) is -0.0462. The van der Waals surface area contributed by atoms with Crippen LogP contribution in [0.1, 0.15) is 47.2 Å². The lowest BCUT2D eigenvalue weighted by molar-refractivity contribution is 0.0697. The molecule has 2 heterocycles. The minimum absolute atomic E-state index is 0.0462. The molecule has 0 N–H and O–H groups in total. The second-order valence-corrected chi connectivity index (χ2v) is 9.42. The summed E-state index contributed by atoms with van der Waals surface area (Å²) < 4.78 is 29.7. The Labute approximate surface area is 167 Å². The third-order valence-electron chi connectivity index (χ3n) is 5.25. The van der Waals surface area contributed by atoms with Crippen molar-refractivity contribution in [3.05, 3.63) is 46.8 Å². The highest BCUT2D eigenvalue weighted by atomic mass is 32.2. The summed E-state index contributed by atoms with van der Waals surface area (Å²) in [7, 11) is -3.65. The van der Waals surface area contributed by atoms with Gasteiger partial charge >= 0.3 is 0 Å². The fourth-order valence-electron chi connectivity index (χ4n) is 3.77. The molecule has 0 unspecified atom stereocenters. The summed E-state index contributed by atoms with van der Waals surface area (Å²) in [5, 5.41) is 4.41. The lowest BCUT2D eigenvalue weighted by Gasteiger charge is -2.34. The van der Waals surface area contributed by atoms with Gasteiger partial charge in [0.05, 0.1) is 11.4 Å². The summed E-state index contributed by atoms with van der Waals surface area (Å²) in [6, 6.07) is 7.56. The van der Waals surface area contributed by atoms with E-state index in [1.807, 2.05) is 45.0 Å². The minimum atomic E-state index is -3.65. The zero-order valence-electron chi connectivity index (χ0n) is 17.1. The SMILES string of the molecule is Cc1ccccc1C(=O)N1CCN(S(=O)(=O)c2c(C)nn(C(C)C)c2C)CC1. The average Bonchev–Trinajstić information content (AvgIpc) is 2.97. The van der Waals surface area contributed by atoms with Gasteiger partial charge in [-0.25, -0.2) is 8.42 Å². The molecule has 0 atom stereocenters. The van der Waals surface area contributed by atoms with E-state index >= 15 is 0 Å². The van der Waals surface area contributed by atoms with Crippen molar-refractivity contribution in [2.75, 3.05) is 26.2 Å². The van der Waals surface area contributed by atoms with Crippen LogP contribution in [0.15, 0.2) is 29.2 Å². The number of hydrogen-bond donors (Lipinski definition) is 0. The molecule has 1 saturated heterocycles. The highest BCUT2D eigenvalue weighted by Gasteiger charge is 2.34. The van der Waals surface area contributed by atoms with E-state index in [1.165, 1.54) is 4.31 Å². The second-order valence-electron chi connectivity index (χ2n) is 7.55. The van der Waals surface area contributed by atoms with E-state index in [-0.39, 0.29) is 25.0 Å². The van der Waals surface area contributed by atoms with E-state index in [9.17, 15) is 13.2 Å². The fourth-order valence-corrected chi connectivity index (χ4v) is 5.55. The molecule has 3 rings (SSSR count). The number of sulfonamides is 1. The van der Waals surface area contributed by atoms with Crippen molar-refractivity contribution >= 4 is 15.9 Å². The number of piperazine rings is 1. The second kappa shape index (κ2) is 7.67. The van der Waals surface area contributed by atoms with Gasteiger partial charge in [0, 0.05) is 37.8 Å². The lowest BCUT2D eigenvalue weighted by Crippen LogP contribution is -2.50. The first-order chi connectivity index (χ1) is 13.1. The summed E-state index contributed by atoms with van der Waals surface area (Å²) in [4.78, 5) is 14.8. The van der Waals surface area contributed by atoms with Crippen molar-refractivity contribution in [3.8, 4) is 0 Å². The monoisotopic (exact) mass is 404 g/mol. The largest absolute Gasteiger partial charge is 0.336 e. The Kier molecular flexibility index (Phi) is 5.63. The molecule has 1 amide bonds. The maximum absolute atomic E-state index is 13.2. The van der Waals surface area contributed by atoms with Crippen LogP contribution in [-0.4, -0.2) is 59.5 Å². The van der Waals surface area contributed by atoms with Crippen LogP contribution in [0.5, 0.6) is 0 Å². The average molecular weight is 405 g/mol. The number of rotatable bonds is 4. The molecule has 1 aliphatic rings. The van der Waals surface area contributed by atoms with E-state index in [4.69, 9.17) is 0 Å². The van der Waals surface area contributed by atoms with Gasteiger partial charge in [0.2, 0.25) is 10.0 Å². The maximum atomic E-state index is 13.2. The molecule has 8 heteroatoms. The Bertz CT molecular complexity index is 987. The van der Waals surface area contributed by atoms with Gasteiger partial charge in [0.1, 0.15) is 4.90 Å². The number of aryl methyl sites for hydroxylation is 2. The van der Waals surface area contributed by atoms with Crippen LogP contribution in [0.3, 0.4) is 0 Å². The van der Waals surface area contributed by atoms with Crippen molar-refractivity contribution in [1.82, 2.24) is 19.0 Å². The van der Waals surface area contributed by atoms with Crippen LogP contribution >= 0.6 is 0 Å². The number of aromatic nitrogens is 2. The fraction of sp³-hybridized carbons (Fsp3) is 0.500. The number of amides is 1. The Balaban J connectivity index is 1.78. The van der Waals surface area contributed by atoms with Crippen molar-refractivity contribution in [1.29, 1.82) is 0 Å². The molecule has 0 spiro atoms. The number of carbonyl (C=O) groups is 1. The van der Waals surface area contributed by atoms with Gasteiger partial charge in [-0.05, 0) is 46.2 Å². The third kappa shape index (κ3) is 3.58. The Morgan fingerprint density at radius 2 is 1.64 bits per heavy atom. The minimum Gasteiger partial charge on any atom is -0.336 e. The molecule has 1 aromatic carbocycles. The molecule has 152 valence electrons. The van der Waals surface area contributed by atoms with E-state index in [1.54, 1.807) is 23.4 Å². The van der Waals surface area contributed by atoms with Crippen molar-refractivity contribution in [3.63, 3.8) is 0 Å². The van der Waals surface area contributed by atoms with Gasteiger partial charge in [-0.2, -0.15) is 9.40 Å². The summed E-state index contributed by atoms with van der Waals surface area (Å²) in [5.41, 5.74) is 2.77. The molecule has 1 fully saturated rings. The first-order valence-corrected chi connectivity index (χ1v) is 11.0. The summed E-state index contributed by atoms with van der Waals surface area (Å²) in [6.07, 6.45) is 0. The smallest absolute Gasteiger partial charge is 0.254 e. The molecule has 0 radical (unpaired) electrons. The predicted molar refractivity (Wildman–Crippen MR) is 108 cm³/mol. The number of nitrogens with zero attached hydrogens (tertiary/aromatic N) is 4. The van der Waals surface area contributed by atoms with Crippen LogP contribution < -0.4 is 0 Å². The molecular weight excluding hydrogens is 376 g/mol. The zero-order valence-corrected chi connectivity index (χ0v) is 18.0. The van der Waals surface area contributed by atoms with E-state index < -0.39 is 10.0 Å². The van der Waals surface area contributed by atoms with Crippen LogP contribution in [0.2, 0.25) is 0 Å². The van der Waals surface area contributed by atoms with Crippen LogP contribution in [0, 0.1) is 20.8 Å². The molecular formula is C20H28N4O3S. The summed E-state index contributed by atoms with van der Waals surface area (Å²) >= 11 is 0. The lowest BCUT2D eigenvalue weighted by atomic mass is 10.1. The molecule has 2 aromatic rings. The van der Waals surface area contributed by atoms with Crippen LogP contribution in [0.25, 0.3) is 0 Å². The standard InChI is InChI=1S/C20H28N4O3S/c1-14(2)24-17(5)19(16(4)21-24)28(26,27)23-12-10-22(11-13-23)20(25)18-9-7-6-8-15(18)3/h6-9,14H,10-13H2,1-5H3. The highest BCUT2D eigenvalue weighted by molar-refractivity contribution is 7.89. The van der Waals surface area contributed by atoms with Gasteiger partial charge < -0.3 is 4.90 Å². The Morgan fingerprint density at radius 1 is 1.04 bits per heavy atom. The first kappa shape index (κ1) is 20.5. The molecule has 1 aliphatic heterocycles. The molecule has 7 nitrogen and oxygen atoms in total. The molecule has 0 saturated carbocycles. The van der Waals surface area contributed by atoms with Gasteiger partial charge in [-0.15, -0.1) is 0 Å². The quantitative estimate of drug-likeness (QED) is 0.785. The highest BCUT2D eigenvalue weighted by Crippen LogP contribution is 2.26. The Morgan fingerprint density at radius 3 is 2.18 bits per heavy atom. The van der Waals surface area contributed by atoms with Crippen molar-refractivity contribution in [2.45, 2.75) is 45.6 Å². The summed E-state index contributed by atoms with van der Waals surface area (Å²) in [6.45, 7) is 10.7. The van der Waals surface area contributed by atoms with Gasteiger partial charge in [-0.1, -0.05) is 18.2 Å². The van der Waals surface area contributed by atoms with E-state index in [0.717, 1.165) is 5.56 Å². The van der Waals surface area contributed by atoms with Crippen molar-refractivity contribution < 1.29 is 13.2 Å². The van der Waals surface area contributed by atoms with Gasteiger partial charge in [0.15, 0.2) is 0 Å². The van der Waals surface area contributed by atoms with E-state index in [0.29, 0.717) is 34.9 Å². The van der Waals surface area contributed by atoms with Crippen LogP contribution in [-0.2, 0) is 10.0 Å². The normalized spacial score (nSPS) is 16.0. The maximum Gasteiger partial charge on any atom is 0.254 e. The van der Waals surface area contributed by atoms with Gasteiger partial charge in [-0.3, -0.25) is 9.48 Å². The molecule has 1 aromatic heterocycles. The number of hydrogen-bond acceptors (Lipinski definition) is 4. The molecule has 28 heavy (non-hydrogen) atoms. The van der Waals surface area contributed by atoms with Crippen molar-refractivity contribution in [2.24, 2.45) is 0 Å². The van der Waals surface area contributed by atoms with Crippen LogP contribution in [0.4, 0.5) is 0 Å². The molecule has 0 aliphatic carbocycles. The zero-order chi connectivity index (χ0) is 20.6. The molecule has 0 bridgehead atoms. The Hall–Kier alpha value is -2.19. The van der Waals surface area contributed by atoms with E-state index in [2.05, 4.69) is 5.10 Å². The predicted octanol–water partition coefficient (Wildman–Crippen LogP) is 2.54. The first-order valence-electron chi connectivity index (χ1n) is 9.55.